The fraction of sp³-hybridized carbons (Fsp3) is 0.182. The Morgan fingerprint density at radius 3 is 2.78 bits per heavy atom. The zero-order valence-electron chi connectivity index (χ0n) is 9.28. The molecule has 0 aliphatic heterocycles. The van der Waals surface area contributed by atoms with E-state index in [0.717, 1.165) is 14.3 Å². The van der Waals surface area contributed by atoms with Gasteiger partial charge in [-0.3, -0.25) is 0 Å². The molecule has 0 saturated carbocycles. The Morgan fingerprint density at radius 2 is 2.11 bits per heavy atom. The van der Waals surface area contributed by atoms with Crippen LogP contribution in [-0.4, -0.2) is 22.0 Å². The molecule has 1 N–H and O–H groups in total. The summed E-state index contributed by atoms with van der Waals surface area (Å²) in [4.78, 5) is 18.9. The molecule has 0 saturated heterocycles. The van der Waals surface area contributed by atoms with Gasteiger partial charge in [-0.1, -0.05) is 15.9 Å². The van der Waals surface area contributed by atoms with E-state index in [1.165, 1.54) is 13.3 Å². The maximum atomic E-state index is 10.7. The topological polar surface area (TPSA) is 77.9 Å². The van der Waals surface area contributed by atoms with Crippen LogP contribution in [0.2, 0.25) is 0 Å². The molecule has 0 aliphatic carbocycles. The number of hydrogen-bond acceptors (Lipinski definition) is 5. The van der Waals surface area contributed by atoms with Gasteiger partial charge in [0.15, 0.2) is 0 Å². The van der Waals surface area contributed by atoms with Crippen molar-refractivity contribution >= 4 is 54.5 Å². The van der Waals surface area contributed by atoms with Gasteiger partial charge in [-0.15, -0.1) is 0 Å². The highest BCUT2D eigenvalue weighted by Crippen LogP contribution is 2.30. The van der Waals surface area contributed by atoms with Crippen LogP contribution in [0.1, 0.15) is 6.92 Å². The predicted molar refractivity (Wildman–Crippen MR) is 73.0 cm³/mol. The Bertz CT molecular complexity index is 619. The van der Waals surface area contributed by atoms with Gasteiger partial charge in [-0.05, 0) is 35.0 Å². The minimum Gasteiger partial charge on any atom is -0.548 e. The molecule has 2 rings (SSSR count). The number of nitrogens with one attached hydrogen (secondary N) is 1. The molecule has 0 unspecified atom stereocenters. The molecule has 0 fully saturated rings. The number of carbonyl (C=O) groups is 1. The predicted octanol–water partition coefficient (Wildman–Crippen LogP) is 1.71. The Hall–Kier alpha value is -1.21. The minimum atomic E-state index is -1.18. The van der Waals surface area contributed by atoms with Crippen LogP contribution in [0, 0.1) is 0 Å². The zero-order valence-corrected chi connectivity index (χ0v) is 12.4. The van der Waals surface area contributed by atoms with Crippen molar-refractivity contribution in [2.45, 2.75) is 13.0 Å². The molecule has 0 bridgehead atoms. The van der Waals surface area contributed by atoms with Crippen molar-refractivity contribution in [3.05, 3.63) is 27.4 Å². The number of aliphatic carboxylic acids is 1. The van der Waals surface area contributed by atoms with Crippen molar-refractivity contribution in [2.24, 2.45) is 0 Å². The maximum absolute atomic E-state index is 10.7. The van der Waals surface area contributed by atoms with Crippen LogP contribution in [0.3, 0.4) is 0 Å². The summed E-state index contributed by atoms with van der Waals surface area (Å²) in [6.07, 6.45) is 1.38. The number of carboxylic acid groups (broad SMARTS) is 1. The van der Waals surface area contributed by atoms with Gasteiger partial charge in [-0.2, -0.15) is 0 Å². The van der Waals surface area contributed by atoms with Gasteiger partial charge in [0.1, 0.15) is 12.1 Å². The summed E-state index contributed by atoms with van der Waals surface area (Å²) in [5.74, 6) is -0.727. The molecule has 1 heterocycles. The summed E-state index contributed by atoms with van der Waals surface area (Å²) >= 11 is 6.77. The second-order valence-corrected chi connectivity index (χ2v) is 5.46. The largest absolute Gasteiger partial charge is 0.548 e. The number of benzene rings is 1. The lowest BCUT2D eigenvalue weighted by Crippen LogP contribution is -2.38. The summed E-state index contributed by atoms with van der Waals surface area (Å²) in [6.45, 7) is 1.50. The molecule has 2 aromatic rings. The lowest BCUT2D eigenvalue weighted by Gasteiger charge is -2.16. The third-order valence-electron chi connectivity index (χ3n) is 2.36. The van der Waals surface area contributed by atoms with Crippen molar-refractivity contribution in [1.82, 2.24) is 9.97 Å². The smallest absolute Gasteiger partial charge is 0.137 e. The quantitative estimate of drug-likeness (QED) is 0.885. The molecule has 1 aromatic heterocycles. The number of carboxylic acids is 1. The second-order valence-electron chi connectivity index (χ2n) is 3.69. The highest BCUT2D eigenvalue weighted by Gasteiger charge is 2.10. The molecule has 0 radical (unpaired) electrons. The van der Waals surface area contributed by atoms with Gasteiger partial charge in [0, 0.05) is 14.3 Å². The lowest BCUT2D eigenvalue weighted by atomic mass is 10.2. The summed E-state index contributed by atoms with van der Waals surface area (Å²) in [5.41, 5.74) is 0.709. The Labute approximate surface area is 120 Å². The van der Waals surface area contributed by atoms with Gasteiger partial charge >= 0.3 is 0 Å². The van der Waals surface area contributed by atoms with Crippen molar-refractivity contribution < 1.29 is 9.90 Å². The first-order valence-electron chi connectivity index (χ1n) is 5.06. The first-order chi connectivity index (χ1) is 8.49. The zero-order chi connectivity index (χ0) is 13.3. The van der Waals surface area contributed by atoms with E-state index in [4.69, 9.17) is 0 Å². The van der Waals surface area contributed by atoms with E-state index in [1.54, 1.807) is 0 Å². The van der Waals surface area contributed by atoms with Crippen LogP contribution >= 0.6 is 31.9 Å². The van der Waals surface area contributed by atoms with E-state index in [9.17, 15) is 9.90 Å². The molecular formula is C11H8Br2N3O2-. The Kier molecular flexibility index (Phi) is 3.82. The van der Waals surface area contributed by atoms with Gasteiger partial charge in [0.2, 0.25) is 0 Å². The van der Waals surface area contributed by atoms with Crippen molar-refractivity contribution in [3.8, 4) is 0 Å². The van der Waals surface area contributed by atoms with E-state index in [1.807, 2.05) is 12.1 Å². The molecule has 0 aliphatic rings. The summed E-state index contributed by atoms with van der Waals surface area (Å²) < 4.78 is 1.65. The van der Waals surface area contributed by atoms with Crippen molar-refractivity contribution in [3.63, 3.8) is 0 Å². The van der Waals surface area contributed by atoms with E-state index >= 15 is 0 Å². The van der Waals surface area contributed by atoms with E-state index in [-0.39, 0.29) is 0 Å². The highest BCUT2D eigenvalue weighted by atomic mass is 79.9. The monoisotopic (exact) mass is 372 g/mol. The number of nitrogens with zero attached hydrogens (tertiary/aromatic N) is 2. The van der Waals surface area contributed by atoms with E-state index < -0.39 is 12.0 Å². The van der Waals surface area contributed by atoms with Gasteiger partial charge in [0.25, 0.3) is 0 Å². The van der Waals surface area contributed by atoms with Crippen LogP contribution in [-0.2, 0) is 4.79 Å². The third-order valence-corrected chi connectivity index (χ3v) is 3.43. The average molecular weight is 374 g/mol. The van der Waals surface area contributed by atoms with Crippen molar-refractivity contribution in [2.75, 3.05) is 5.32 Å². The normalized spacial score (nSPS) is 12.4. The molecule has 94 valence electrons. The third kappa shape index (κ3) is 2.62. The molecule has 7 heteroatoms. The molecule has 1 atom stereocenters. The molecule has 18 heavy (non-hydrogen) atoms. The SMILES string of the molecule is C[C@@H](Nc1ncnc2c(Br)cc(Br)cc12)C(=O)[O-]. The fourth-order valence-electron chi connectivity index (χ4n) is 1.47. The first-order valence-corrected chi connectivity index (χ1v) is 6.65. The molecule has 1 aromatic carbocycles. The van der Waals surface area contributed by atoms with Crippen molar-refractivity contribution in [1.29, 1.82) is 0 Å². The van der Waals surface area contributed by atoms with Gasteiger partial charge in [-0.25, -0.2) is 9.97 Å². The molecular weight excluding hydrogens is 366 g/mol. The number of anilines is 1. The van der Waals surface area contributed by atoms with Crippen LogP contribution in [0.25, 0.3) is 10.9 Å². The molecule has 0 spiro atoms. The summed E-state index contributed by atoms with van der Waals surface area (Å²) in [5, 5.41) is 14.3. The van der Waals surface area contributed by atoms with Crippen LogP contribution in [0.4, 0.5) is 5.82 Å². The number of hydrogen-bond donors (Lipinski definition) is 1. The van der Waals surface area contributed by atoms with Gasteiger partial charge < -0.3 is 15.2 Å². The Balaban J connectivity index is 2.54. The number of fused-ring (bicyclic) bond motifs is 1. The number of carbonyl (C=O) groups excluding carboxylic acids is 1. The summed E-state index contributed by atoms with van der Waals surface area (Å²) in [6, 6.07) is 2.85. The highest BCUT2D eigenvalue weighted by molar-refractivity contribution is 9.11. The average Bonchev–Trinajstić information content (AvgIpc) is 2.29. The van der Waals surface area contributed by atoms with Gasteiger partial charge in [0.05, 0.1) is 17.5 Å². The lowest BCUT2D eigenvalue weighted by molar-refractivity contribution is -0.306. The first kappa shape index (κ1) is 13.2. The number of aromatic nitrogens is 2. The molecule has 5 nitrogen and oxygen atoms in total. The van der Waals surface area contributed by atoms with Crippen LogP contribution in [0.5, 0.6) is 0 Å². The minimum absolute atomic E-state index is 0.457. The Morgan fingerprint density at radius 1 is 1.39 bits per heavy atom. The maximum Gasteiger partial charge on any atom is 0.137 e. The molecule has 0 amide bonds. The number of halogens is 2. The fourth-order valence-corrected chi connectivity index (χ4v) is 2.80. The van der Waals surface area contributed by atoms with Crippen LogP contribution in [0.15, 0.2) is 27.4 Å². The summed E-state index contributed by atoms with van der Waals surface area (Å²) in [7, 11) is 0. The number of rotatable bonds is 3. The standard InChI is InChI=1S/C11H9Br2N3O2/c1-5(11(17)18)16-10-7-2-6(12)3-8(13)9(7)14-4-15-10/h2-5H,1H3,(H,17,18)(H,14,15,16)/p-1/t5-/m1/s1. The van der Waals surface area contributed by atoms with E-state index in [0.29, 0.717) is 11.3 Å². The van der Waals surface area contributed by atoms with E-state index in [2.05, 4.69) is 47.1 Å². The van der Waals surface area contributed by atoms with Crippen LogP contribution < -0.4 is 10.4 Å². The second kappa shape index (κ2) is 5.19.